The van der Waals surface area contributed by atoms with Crippen molar-refractivity contribution in [3.8, 4) is 0 Å². The second-order valence-corrected chi connectivity index (χ2v) is 7.50. The molecule has 0 saturated carbocycles. The Morgan fingerprint density at radius 1 is 0.900 bits per heavy atom. The number of nitrogens with zero attached hydrogens (tertiary/aromatic N) is 2. The van der Waals surface area contributed by atoms with Crippen LogP contribution in [0.25, 0.3) is 0 Å². The lowest BCUT2D eigenvalue weighted by molar-refractivity contribution is -0.385. The third-order valence-electron chi connectivity index (χ3n) is 4.73. The average molecular weight is 440 g/mol. The van der Waals surface area contributed by atoms with Gasteiger partial charge in [0.25, 0.3) is 11.6 Å². The summed E-state index contributed by atoms with van der Waals surface area (Å²) in [5.41, 5.74) is 1.93. The van der Waals surface area contributed by atoms with E-state index in [1.165, 1.54) is 11.0 Å². The second kappa shape index (κ2) is 8.18. The molecule has 30 heavy (non-hydrogen) atoms. The maximum absolute atomic E-state index is 13.3. The molecule has 0 spiro atoms. The summed E-state index contributed by atoms with van der Waals surface area (Å²) in [5.74, 6) is -0.310. The number of nitro groups is 1. The highest BCUT2D eigenvalue weighted by molar-refractivity contribution is 6.31. The number of nitro benzene ring substituents is 1. The number of carbonyl (C=O) groups is 1. The first kappa shape index (κ1) is 19.9. The Bertz CT molecular complexity index is 1150. The van der Waals surface area contributed by atoms with Gasteiger partial charge in [-0.1, -0.05) is 35.3 Å². The molecule has 0 fully saturated rings. The molecule has 1 amide bonds. The van der Waals surface area contributed by atoms with Gasteiger partial charge in [-0.05, 0) is 60.7 Å². The summed E-state index contributed by atoms with van der Waals surface area (Å²) in [5, 5.41) is 15.8. The van der Waals surface area contributed by atoms with E-state index in [2.05, 4.69) is 5.32 Å². The van der Waals surface area contributed by atoms with Crippen LogP contribution in [0.3, 0.4) is 0 Å². The van der Waals surface area contributed by atoms with Crippen LogP contribution >= 0.6 is 23.2 Å². The van der Waals surface area contributed by atoms with Gasteiger partial charge in [0.1, 0.15) is 5.70 Å². The third kappa shape index (κ3) is 3.87. The van der Waals surface area contributed by atoms with Gasteiger partial charge in [0.05, 0.1) is 16.5 Å². The number of para-hydroxylation sites is 1. The maximum Gasteiger partial charge on any atom is 0.275 e. The van der Waals surface area contributed by atoms with Crippen molar-refractivity contribution >= 4 is 46.2 Å². The zero-order valence-electron chi connectivity index (χ0n) is 15.5. The number of carbonyl (C=O) groups excluding carboxylic acids is 1. The van der Waals surface area contributed by atoms with E-state index in [-0.39, 0.29) is 11.6 Å². The number of benzene rings is 3. The molecule has 0 unspecified atom stereocenters. The molecule has 6 nitrogen and oxygen atoms in total. The average Bonchev–Trinajstić information content (AvgIpc) is 3.06. The minimum atomic E-state index is -0.657. The van der Waals surface area contributed by atoms with Gasteiger partial charge in [-0.2, -0.15) is 0 Å². The van der Waals surface area contributed by atoms with Crippen LogP contribution in [0.1, 0.15) is 11.6 Å². The summed E-state index contributed by atoms with van der Waals surface area (Å²) >= 11 is 11.9. The first-order chi connectivity index (χ1) is 14.4. The molecule has 1 aliphatic heterocycles. The Balaban J connectivity index is 1.79. The highest BCUT2D eigenvalue weighted by Crippen LogP contribution is 2.39. The number of anilines is 2. The van der Waals surface area contributed by atoms with Crippen LogP contribution in [-0.2, 0) is 4.79 Å². The largest absolute Gasteiger partial charge is 0.351 e. The van der Waals surface area contributed by atoms with E-state index in [1.54, 1.807) is 72.8 Å². The quantitative estimate of drug-likeness (QED) is 0.391. The molecular formula is C22H15Cl2N3O3. The van der Waals surface area contributed by atoms with Crippen molar-refractivity contribution in [2.24, 2.45) is 0 Å². The number of amides is 1. The molecular weight excluding hydrogens is 425 g/mol. The Kier molecular flexibility index (Phi) is 5.44. The van der Waals surface area contributed by atoms with Gasteiger partial charge in [-0.25, -0.2) is 0 Å². The van der Waals surface area contributed by atoms with Crippen molar-refractivity contribution in [3.63, 3.8) is 0 Å². The van der Waals surface area contributed by atoms with E-state index in [9.17, 15) is 14.9 Å². The number of nitrogens with one attached hydrogen (secondary N) is 1. The van der Waals surface area contributed by atoms with Crippen LogP contribution in [-0.4, -0.2) is 10.8 Å². The topological polar surface area (TPSA) is 75.5 Å². The van der Waals surface area contributed by atoms with Crippen LogP contribution in [0.4, 0.5) is 17.1 Å². The molecule has 1 N–H and O–H groups in total. The first-order valence-corrected chi connectivity index (χ1v) is 9.76. The molecule has 3 aromatic carbocycles. The second-order valence-electron chi connectivity index (χ2n) is 6.62. The summed E-state index contributed by atoms with van der Waals surface area (Å²) in [6.45, 7) is 0. The van der Waals surface area contributed by atoms with E-state index >= 15 is 0 Å². The Morgan fingerprint density at radius 2 is 1.50 bits per heavy atom. The lowest BCUT2D eigenvalue weighted by atomic mass is 10.0. The van der Waals surface area contributed by atoms with E-state index in [1.807, 2.05) is 0 Å². The van der Waals surface area contributed by atoms with Gasteiger partial charge in [0.15, 0.2) is 0 Å². The van der Waals surface area contributed by atoms with Crippen molar-refractivity contribution in [2.45, 2.75) is 6.04 Å². The fourth-order valence-electron chi connectivity index (χ4n) is 3.36. The minimum absolute atomic E-state index is 0.0572. The normalized spacial score (nSPS) is 15.8. The molecule has 1 aliphatic rings. The van der Waals surface area contributed by atoms with Crippen molar-refractivity contribution < 1.29 is 9.72 Å². The van der Waals surface area contributed by atoms with Crippen molar-refractivity contribution in [2.75, 3.05) is 10.2 Å². The van der Waals surface area contributed by atoms with Gasteiger partial charge in [-0.15, -0.1) is 0 Å². The Labute approximate surface area is 182 Å². The Hall–Kier alpha value is -3.35. The highest BCUT2D eigenvalue weighted by Gasteiger charge is 2.37. The minimum Gasteiger partial charge on any atom is -0.351 e. The van der Waals surface area contributed by atoms with Crippen LogP contribution in [0.5, 0.6) is 0 Å². The maximum atomic E-state index is 13.3. The lowest BCUT2D eigenvalue weighted by Crippen LogP contribution is -2.31. The molecule has 0 saturated heterocycles. The van der Waals surface area contributed by atoms with Crippen LogP contribution in [0.15, 0.2) is 84.6 Å². The van der Waals surface area contributed by atoms with E-state index in [4.69, 9.17) is 23.2 Å². The molecule has 0 aromatic heterocycles. The zero-order valence-corrected chi connectivity index (χ0v) is 17.0. The molecule has 1 atom stereocenters. The van der Waals surface area contributed by atoms with Gasteiger partial charge >= 0.3 is 0 Å². The van der Waals surface area contributed by atoms with Crippen molar-refractivity contribution in [1.29, 1.82) is 0 Å². The standard InChI is InChI=1S/C22H15Cl2N3O3/c23-14-5-9-16(10-6-14)25-19-13-21(18-3-1-2-4-20(18)27(29)30)26(22(19)28)17-11-7-15(24)8-12-17/h1-13,21,25H/t21-/m1/s1. The lowest BCUT2D eigenvalue weighted by Gasteiger charge is -2.25. The number of rotatable bonds is 5. The summed E-state index contributed by atoms with van der Waals surface area (Å²) < 4.78 is 0. The Morgan fingerprint density at radius 3 is 2.13 bits per heavy atom. The van der Waals surface area contributed by atoms with E-state index in [0.717, 1.165) is 0 Å². The molecule has 0 radical (unpaired) electrons. The van der Waals surface area contributed by atoms with Gasteiger partial charge in [0, 0.05) is 27.5 Å². The number of hydrogen-bond donors (Lipinski definition) is 1. The zero-order chi connectivity index (χ0) is 21.3. The van der Waals surface area contributed by atoms with E-state index < -0.39 is 11.0 Å². The fourth-order valence-corrected chi connectivity index (χ4v) is 3.61. The van der Waals surface area contributed by atoms with Gasteiger partial charge in [0.2, 0.25) is 0 Å². The fraction of sp³-hybridized carbons (Fsp3) is 0.0455. The molecule has 0 aliphatic carbocycles. The van der Waals surface area contributed by atoms with Crippen molar-refractivity contribution in [1.82, 2.24) is 0 Å². The molecule has 150 valence electrons. The molecule has 4 rings (SSSR count). The molecule has 3 aromatic rings. The number of hydrogen-bond acceptors (Lipinski definition) is 4. The molecule has 8 heteroatoms. The highest BCUT2D eigenvalue weighted by atomic mass is 35.5. The monoisotopic (exact) mass is 439 g/mol. The smallest absolute Gasteiger partial charge is 0.275 e. The summed E-state index contributed by atoms with van der Waals surface area (Å²) in [6.07, 6.45) is 1.69. The molecule has 1 heterocycles. The third-order valence-corrected chi connectivity index (χ3v) is 5.24. The van der Waals surface area contributed by atoms with Crippen LogP contribution in [0, 0.1) is 10.1 Å². The van der Waals surface area contributed by atoms with Crippen molar-refractivity contribution in [3.05, 3.63) is 110 Å². The van der Waals surface area contributed by atoms with Gasteiger partial charge < -0.3 is 5.32 Å². The summed E-state index contributed by atoms with van der Waals surface area (Å²) in [4.78, 5) is 25.9. The van der Waals surface area contributed by atoms with Crippen LogP contribution < -0.4 is 10.2 Å². The van der Waals surface area contributed by atoms with Gasteiger partial charge in [-0.3, -0.25) is 19.8 Å². The first-order valence-electron chi connectivity index (χ1n) is 9.01. The molecule has 0 bridgehead atoms. The SMILES string of the molecule is O=C1C(Nc2ccc(Cl)cc2)=C[C@H](c2ccccc2[N+](=O)[O-])N1c1ccc(Cl)cc1. The predicted molar refractivity (Wildman–Crippen MR) is 118 cm³/mol. The van der Waals surface area contributed by atoms with Crippen LogP contribution in [0.2, 0.25) is 10.0 Å². The predicted octanol–water partition coefficient (Wildman–Crippen LogP) is 5.99. The summed E-state index contributed by atoms with van der Waals surface area (Å²) in [6, 6.07) is 19.4. The summed E-state index contributed by atoms with van der Waals surface area (Å²) in [7, 11) is 0. The van der Waals surface area contributed by atoms with E-state index in [0.29, 0.717) is 32.7 Å². The number of halogens is 2.